The van der Waals surface area contributed by atoms with E-state index in [1.165, 1.54) is 11.0 Å². The Labute approximate surface area is 195 Å². The van der Waals surface area contributed by atoms with Crippen molar-refractivity contribution in [3.63, 3.8) is 0 Å². The van der Waals surface area contributed by atoms with E-state index in [0.717, 1.165) is 48.2 Å². The Morgan fingerprint density at radius 3 is 2.52 bits per heavy atom. The maximum Gasteiger partial charge on any atom is 0.243 e. The Balaban J connectivity index is 1.68. The Hall–Kier alpha value is -2.78. The van der Waals surface area contributed by atoms with Gasteiger partial charge in [-0.15, -0.1) is 5.10 Å². The first-order valence-corrected chi connectivity index (χ1v) is 12.9. The van der Waals surface area contributed by atoms with Crippen LogP contribution in [-0.2, 0) is 16.6 Å². The van der Waals surface area contributed by atoms with Crippen LogP contribution in [0, 0.1) is 12.8 Å². The smallest absolute Gasteiger partial charge is 0.243 e. The second kappa shape index (κ2) is 10.0. The van der Waals surface area contributed by atoms with Crippen molar-refractivity contribution in [3.05, 3.63) is 59.9 Å². The van der Waals surface area contributed by atoms with Crippen LogP contribution in [0.25, 0.3) is 5.69 Å². The van der Waals surface area contributed by atoms with Gasteiger partial charge in [-0.25, -0.2) is 13.1 Å². The molecule has 4 rings (SSSR count). The van der Waals surface area contributed by atoms with Crippen LogP contribution in [0.4, 0.5) is 0 Å². The van der Waals surface area contributed by atoms with Crippen LogP contribution in [0.15, 0.2) is 53.7 Å². The van der Waals surface area contributed by atoms with Crippen molar-refractivity contribution in [2.45, 2.75) is 63.9 Å². The van der Waals surface area contributed by atoms with Crippen molar-refractivity contribution in [2.75, 3.05) is 6.61 Å². The molecule has 0 amide bonds. The minimum atomic E-state index is -3.72. The summed E-state index contributed by atoms with van der Waals surface area (Å²) in [7, 11) is -3.72. The monoisotopic (exact) mass is 469 g/mol. The summed E-state index contributed by atoms with van der Waals surface area (Å²) in [5.41, 5.74) is 2.49. The molecule has 9 heteroatoms. The van der Waals surface area contributed by atoms with Gasteiger partial charge in [0.05, 0.1) is 17.2 Å². The third-order valence-electron chi connectivity index (χ3n) is 6.38. The molecule has 0 spiro atoms. The number of aryl methyl sites for hydroxylation is 1. The van der Waals surface area contributed by atoms with Crippen molar-refractivity contribution in [2.24, 2.45) is 5.92 Å². The largest absolute Gasteiger partial charge is 0.494 e. The van der Waals surface area contributed by atoms with Gasteiger partial charge < -0.3 is 4.74 Å². The number of rotatable bonds is 8. The molecular formula is C24H31N5O3S. The van der Waals surface area contributed by atoms with Crippen LogP contribution in [-0.4, -0.2) is 45.6 Å². The van der Waals surface area contributed by atoms with Crippen LogP contribution < -0.4 is 4.74 Å². The molecule has 176 valence electrons. The van der Waals surface area contributed by atoms with Crippen LogP contribution in [0.1, 0.15) is 50.7 Å². The van der Waals surface area contributed by atoms with Crippen LogP contribution in [0.5, 0.6) is 5.75 Å². The van der Waals surface area contributed by atoms with Crippen molar-refractivity contribution in [1.29, 1.82) is 0 Å². The van der Waals surface area contributed by atoms with Crippen molar-refractivity contribution in [1.82, 2.24) is 24.5 Å². The zero-order chi connectivity index (χ0) is 23.4. The van der Waals surface area contributed by atoms with E-state index in [4.69, 9.17) is 4.74 Å². The summed E-state index contributed by atoms with van der Waals surface area (Å²) in [5.74, 6) is 1.09. The third kappa shape index (κ3) is 5.09. The van der Waals surface area contributed by atoms with Crippen molar-refractivity contribution >= 4 is 10.0 Å². The average molecular weight is 470 g/mol. The lowest BCUT2D eigenvalue weighted by Crippen LogP contribution is -2.44. The van der Waals surface area contributed by atoms with Crippen LogP contribution in [0.2, 0.25) is 0 Å². The Morgan fingerprint density at radius 2 is 1.88 bits per heavy atom. The van der Waals surface area contributed by atoms with Gasteiger partial charge in [0.15, 0.2) is 0 Å². The summed E-state index contributed by atoms with van der Waals surface area (Å²) >= 11 is 0. The second-order valence-electron chi connectivity index (χ2n) is 8.66. The maximum atomic E-state index is 14.0. The van der Waals surface area contributed by atoms with E-state index in [1.54, 1.807) is 22.5 Å². The number of benzene rings is 2. The fraction of sp³-hybridized carbons (Fsp3) is 0.458. The van der Waals surface area contributed by atoms with E-state index in [2.05, 4.69) is 22.4 Å². The number of hydrogen-bond donors (Lipinski definition) is 0. The lowest BCUT2D eigenvalue weighted by Gasteiger charge is -2.38. The lowest BCUT2D eigenvalue weighted by molar-refractivity contribution is 0.185. The molecule has 0 unspecified atom stereocenters. The average Bonchev–Trinajstić information content (AvgIpc) is 3.34. The first-order chi connectivity index (χ1) is 15.9. The SMILES string of the molecule is CCOc1ccc(CN([C@H]2CCCC[C@H]2C)S(=O)(=O)c2ccc(-n3cnnn3)c(C)c2)cc1. The zero-order valence-electron chi connectivity index (χ0n) is 19.4. The molecule has 2 atom stereocenters. The number of sulfonamides is 1. The quantitative estimate of drug-likeness (QED) is 0.493. The normalized spacial score (nSPS) is 19.0. The molecule has 1 aliphatic rings. The molecule has 2 aromatic carbocycles. The first-order valence-electron chi connectivity index (χ1n) is 11.5. The van der Waals surface area contributed by atoms with Gasteiger partial charge in [0.1, 0.15) is 12.1 Å². The van der Waals surface area contributed by atoms with Gasteiger partial charge >= 0.3 is 0 Å². The predicted molar refractivity (Wildman–Crippen MR) is 126 cm³/mol. The molecule has 0 bridgehead atoms. The summed E-state index contributed by atoms with van der Waals surface area (Å²) in [5, 5.41) is 11.3. The maximum absolute atomic E-state index is 14.0. The van der Waals surface area contributed by atoms with Gasteiger partial charge in [-0.1, -0.05) is 31.9 Å². The van der Waals surface area contributed by atoms with Gasteiger partial charge in [0.2, 0.25) is 10.0 Å². The van der Waals surface area contributed by atoms with E-state index in [0.29, 0.717) is 24.0 Å². The summed E-state index contributed by atoms with van der Waals surface area (Å²) < 4.78 is 36.7. The van der Waals surface area contributed by atoms with E-state index >= 15 is 0 Å². The molecule has 1 saturated carbocycles. The van der Waals surface area contributed by atoms with E-state index in [1.807, 2.05) is 38.1 Å². The Morgan fingerprint density at radius 1 is 1.12 bits per heavy atom. The third-order valence-corrected chi connectivity index (χ3v) is 8.25. The molecular weight excluding hydrogens is 438 g/mol. The van der Waals surface area contributed by atoms with Crippen molar-refractivity contribution in [3.8, 4) is 11.4 Å². The molecule has 0 radical (unpaired) electrons. The molecule has 33 heavy (non-hydrogen) atoms. The Kier molecular flexibility index (Phi) is 7.09. The Bertz CT molecular complexity index is 1160. The van der Waals surface area contributed by atoms with E-state index in [-0.39, 0.29) is 6.04 Å². The molecule has 1 fully saturated rings. The fourth-order valence-corrected chi connectivity index (χ4v) is 6.42. The van der Waals surface area contributed by atoms with Crippen LogP contribution >= 0.6 is 0 Å². The molecule has 0 saturated heterocycles. The highest BCUT2D eigenvalue weighted by Crippen LogP contribution is 2.34. The number of ether oxygens (including phenoxy) is 1. The highest BCUT2D eigenvalue weighted by atomic mass is 32.2. The minimum Gasteiger partial charge on any atom is -0.494 e. The molecule has 8 nitrogen and oxygen atoms in total. The number of tetrazole rings is 1. The number of nitrogens with zero attached hydrogens (tertiary/aromatic N) is 5. The predicted octanol–water partition coefficient (Wildman–Crippen LogP) is 4.14. The number of hydrogen-bond acceptors (Lipinski definition) is 6. The summed E-state index contributed by atoms with van der Waals surface area (Å²) in [6, 6.07) is 12.8. The standard InChI is InChI=1S/C24H31N5O3S/c1-4-32-21-11-9-20(10-12-21)16-29(24-8-6-5-7-18(24)2)33(30,31)22-13-14-23(19(3)15-22)28-17-25-26-27-28/h9-15,17-18,24H,4-8,16H2,1-3H3/t18-,24+/m1/s1. The fourth-order valence-electron chi connectivity index (χ4n) is 4.60. The number of aromatic nitrogens is 4. The molecule has 1 heterocycles. The summed E-state index contributed by atoms with van der Waals surface area (Å²) in [6.07, 6.45) is 5.60. The van der Waals surface area contributed by atoms with Gasteiger partial charge in [0.25, 0.3) is 0 Å². The zero-order valence-corrected chi connectivity index (χ0v) is 20.2. The highest BCUT2D eigenvalue weighted by Gasteiger charge is 2.36. The minimum absolute atomic E-state index is 0.0326. The molecule has 3 aromatic rings. The summed E-state index contributed by atoms with van der Waals surface area (Å²) in [6.45, 7) is 6.91. The summed E-state index contributed by atoms with van der Waals surface area (Å²) in [4.78, 5) is 0.292. The van der Waals surface area contributed by atoms with E-state index in [9.17, 15) is 8.42 Å². The first kappa shape index (κ1) is 23.4. The van der Waals surface area contributed by atoms with Gasteiger partial charge in [-0.05, 0) is 84.5 Å². The highest BCUT2D eigenvalue weighted by molar-refractivity contribution is 7.89. The van der Waals surface area contributed by atoms with Crippen LogP contribution in [0.3, 0.4) is 0 Å². The molecule has 1 aromatic heterocycles. The van der Waals surface area contributed by atoms with Gasteiger partial charge in [-0.2, -0.15) is 4.31 Å². The van der Waals surface area contributed by atoms with Crippen molar-refractivity contribution < 1.29 is 13.2 Å². The molecule has 0 N–H and O–H groups in total. The van der Waals surface area contributed by atoms with Gasteiger partial charge in [0, 0.05) is 12.6 Å². The molecule has 0 aliphatic heterocycles. The topological polar surface area (TPSA) is 90.2 Å². The second-order valence-corrected chi connectivity index (χ2v) is 10.5. The lowest BCUT2D eigenvalue weighted by atomic mass is 9.86. The molecule has 1 aliphatic carbocycles. The van der Waals surface area contributed by atoms with E-state index < -0.39 is 10.0 Å². The van der Waals surface area contributed by atoms with Gasteiger partial charge in [-0.3, -0.25) is 0 Å².